The van der Waals surface area contributed by atoms with Crippen molar-refractivity contribution in [2.24, 2.45) is 5.41 Å². The Hall–Kier alpha value is -1.98. The van der Waals surface area contributed by atoms with E-state index in [4.69, 9.17) is 5.11 Å². The van der Waals surface area contributed by atoms with Crippen molar-refractivity contribution in [3.05, 3.63) is 29.8 Å². The first-order valence-corrected chi connectivity index (χ1v) is 4.95. The molecule has 1 aromatic rings. The van der Waals surface area contributed by atoms with Gasteiger partial charge in [-0.15, -0.1) is 0 Å². The number of aliphatic carboxylic acids is 1. The van der Waals surface area contributed by atoms with Crippen molar-refractivity contribution >= 4 is 17.6 Å². The molecule has 0 radical (unpaired) electrons. The van der Waals surface area contributed by atoms with Gasteiger partial charge in [-0.1, -0.05) is 0 Å². The standard InChI is InChI=1S/C11H9F2NO3/c12-7-2-1-6(5-8(7)13)14-9(15)11(3-4-11)10(16)17/h1-2,5H,3-4H2,(H,14,15)(H,16,17). The first-order chi connectivity index (χ1) is 7.95. The van der Waals surface area contributed by atoms with E-state index in [0.717, 1.165) is 12.1 Å². The molecule has 0 unspecified atom stereocenters. The summed E-state index contributed by atoms with van der Waals surface area (Å²) in [5.41, 5.74) is -1.35. The Morgan fingerprint density at radius 2 is 1.88 bits per heavy atom. The molecule has 1 saturated carbocycles. The second-order valence-corrected chi connectivity index (χ2v) is 3.97. The van der Waals surface area contributed by atoms with Gasteiger partial charge in [-0.3, -0.25) is 9.59 Å². The smallest absolute Gasteiger partial charge is 0.319 e. The van der Waals surface area contributed by atoms with E-state index >= 15 is 0 Å². The van der Waals surface area contributed by atoms with Crippen LogP contribution in [0.2, 0.25) is 0 Å². The van der Waals surface area contributed by atoms with E-state index in [-0.39, 0.29) is 18.5 Å². The van der Waals surface area contributed by atoms with Crippen molar-refractivity contribution in [1.29, 1.82) is 0 Å². The van der Waals surface area contributed by atoms with Gasteiger partial charge in [-0.2, -0.15) is 0 Å². The van der Waals surface area contributed by atoms with Gasteiger partial charge in [0.05, 0.1) is 0 Å². The maximum atomic E-state index is 12.9. The average molecular weight is 241 g/mol. The summed E-state index contributed by atoms with van der Waals surface area (Å²) in [6.45, 7) is 0. The summed E-state index contributed by atoms with van der Waals surface area (Å²) in [5.74, 6) is -4.01. The van der Waals surface area contributed by atoms with Crippen molar-refractivity contribution in [2.45, 2.75) is 12.8 Å². The van der Waals surface area contributed by atoms with Gasteiger partial charge in [-0.25, -0.2) is 8.78 Å². The molecule has 1 aliphatic rings. The second-order valence-electron chi connectivity index (χ2n) is 3.97. The molecule has 0 aromatic heterocycles. The van der Waals surface area contributed by atoms with Crippen LogP contribution in [0.4, 0.5) is 14.5 Å². The lowest BCUT2D eigenvalue weighted by atomic mass is 10.1. The molecule has 4 nitrogen and oxygen atoms in total. The highest BCUT2D eigenvalue weighted by Gasteiger charge is 2.57. The van der Waals surface area contributed by atoms with Crippen LogP contribution < -0.4 is 5.32 Å². The van der Waals surface area contributed by atoms with E-state index in [9.17, 15) is 18.4 Å². The zero-order chi connectivity index (χ0) is 12.6. The Kier molecular flexibility index (Phi) is 2.57. The van der Waals surface area contributed by atoms with E-state index in [1.807, 2.05) is 0 Å². The topological polar surface area (TPSA) is 66.4 Å². The largest absolute Gasteiger partial charge is 0.480 e. The maximum absolute atomic E-state index is 12.9. The molecule has 90 valence electrons. The second kappa shape index (κ2) is 3.80. The Balaban J connectivity index is 2.14. The van der Waals surface area contributed by atoms with Gasteiger partial charge in [0.1, 0.15) is 5.41 Å². The molecule has 1 aliphatic carbocycles. The average Bonchev–Trinajstić information content (AvgIpc) is 3.04. The van der Waals surface area contributed by atoms with Crippen LogP contribution in [-0.2, 0) is 9.59 Å². The SMILES string of the molecule is O=C(O)C1(C(=O)Nc2ccc(F)c(F)c2)CC1. The van der Waals surface area contributed by atoms with E-state index in [1.165, 1.54) is 6.07 Å². The van der Waals surface area contributed by atoms with E-state index in [1.54, 1.807) is 0 Å². The molecule has 0 bridgehead atoms. The summed E-state index contributed by atoms with van der Waals surface area (Å²) in [4.78, 5) is 22.5. The minimum absolute atomic E-state index is 0.0430. The third-order valence-electron chi connectivity index (χ3n) is 2.77. The molecule has 0 saturated heterocycles. The molecule has 0 atom stereocenters. The van der Waals surface area contributed by atoms with Crippen LogP contribution in [0.1, 0.15) is 12.8 Å². The molecule has 0 spiro atoms. The normalized spacial score (nSPS) is 16.4. The van der Waals surface area contributed by atoms with Gasteiger partial charge in [0.15, 0.2) is 11.6 Å². The molecule has 0 aliphatic heterocycles. The highest BCUT2D eigenvalue weighted by molar-refractivity contribution is 6.10. The minimum Gasteiger partial charge on any atom is -0.480 e. The number of halogens is 2. The lowest BCUT2D eigenvalue weighted by Gasteiger charge is -2.10. The zero-order valence-corrected chi connectivity index (χ0v) is 8.67. The highest BCUT2D eigenvalue weighted by Crippen LogP contribution is 2.46. The molecule has 2 rings (SSSR count). The molecular formula is C11H9F2NO3. The van der Waals surface area contributed by atoms with Crippen molar-refractivity contribution < 1.29 is 23.5 Å². The molecule has 6 heteroatoms. The predicted octanol–water partition coefficient (Wildman–Crippen LogP) is 1.77. The minimum atomic E-state index is -1.40. The van der Waals surface area contributed by atoms with Gasteiger partial charge in [0.2, 0.25) is 5.91 Å². The first-order valence-electron chi connectivity index (χ1n) is 4.95. The van der Waals surface area contributed by atoms with Crippen LogP contribution in [0.5, 0.6) is 0 Å². The Morgan fingerprint density at radius 3 is 2.35 bits per heavy atom. The van der Waals surface area contributed by atoms with Gasteiger partial charge in [-0.05, 0) is 25.0 Å². The van der Waals surface area contributed by atoms with Crippen molar-refractivity contribution in [1.82, 2.24) is 0 Å². The third kappa shape index (κ3) is 1.98. The summed E-state index contributed by atoms with van der Waals surface area (Å²) >= 11 is 0. The fourth-order valence-corrected chi connectivity index (χ4v) is 1.49. The fourth-order valence-electron chi connectivity index (χ4n) is 1.49. The number of hydrogen-bond acceptors (Lipinski definition) is 2. The summed E-state index contributed by atoms with van der Waals surface area (Å²) < 4.78 is 25.5. The summed E-state index contributed by atoms with van der Waals surface area (Å²) in [5, 5.41) is 11.1. The van der Waals surface area contributed by atoms with Crippen LogP contribution in [0, 0.1) is 17.0 Å². The van der Waals surface area contributed by atoms with Crippen LogP contribution in [-0.4, -0.2) is 17.0 Å². The number of carbonyl (C=O) groups excluding carboxylic acids is 1. The Labute approximate surface area is 95.2 Å². The molecule has 0 heterocycles. The summed E-state index contributed by atoms with van der Waals surface area (Å²) in [7, 11) is 0. The van der Waals surface area contributed by atoms with Gasteiger partial charge < -0.3 is 10.4 Å². The van der Waals surface area contributed by atoms with Crippen molar-refractivity contribution in [3.8, 4) is 0 Å². The molecule has 1 fully saturated rings. The Morgan fingerprint density at radius 1 is 1.24 bits per heavy atom. The number of rotatable bonds is 3. The van der Waals surface area contributed by atoms with E-state index < -0.39 is 28.9 Å². The quantitative estimate of drug-likeness (QED) is 0.792. The van der Waals surface area contributed by atoms with Gasteiger partial charge >= 0.3 is 5.97 Å². The number of carbonyl (C=O) groups is 2. The number of hydrogen-bond donors (Lipinski definition) is 2. The number of carboxylic acid groups (broad SMARTS) is 1. The van der Waals surface area contributed by atoms with Crippen molar-refractivity contribution in [3.63, 3.8) is 0 Å². The lowest BCUT2D eigenvalue weighted by Crippen LogP contribution is -2.31. The molecule has 1 aromatic carbocycles. The van der Waals surface area contributed by atoms with Crippen LogP contribution in [0.15, 0.2) is 18.2 Å². The third-order valence-corrected chi connectivity index (χ3v) is 2.77. The zero-order valence-electron chi connectivity index (χ0n) is 8.67. The Bertz CT molecular complexity index is 497. The summed E-state index contributed by atoms with van der Waals surface area (Å²) in [6.07, 6.45) is 0.523. The van der Waals surface area contributed by atoms with Gasteiger partial charge in [0.25, 0.3) is 0 Å². The van der Waals surface area contributed by atoms with Crippen LogP contribution in [0.3, 0.4) is 0 Å². The van der Waals surface area contributed by atoms with Crippen LogP contribution in [0.25, 0.3) is 0 Å². The molecular weight excluding hydrogens is 232 g/mol. The number of anilines is 1. The first kappa shape index (κ1) is 11.5. The van der Waals surface area contributed by atoms with Crippen LogP contribution >= 0.6 is 0 Å². The van der Waals surface area contributed by atoms with E-state index in [2.05, 4.69) is 5.32 Å². The number of nitrogens with one attached hydrogen (secondary N) is 1. The highest BCUT2D eigenvalue weighted by atomic mass is 19.2. The number of carboxylic acids is 1. The predicted molar refractivity (Wildman–Crippen MR) is 54.3 cm³/mol. The van der Waals surface area contributed by atoms with Crippen molar-refractivity contribution in [2.75, 3.05) is 5.32 Å². The lowest BCUT2D eigenvalue weighted by molar-refractivity contribution is -0.147. The van der Waals surface area contributed by atoms with Gasteiger partial charge in [0, 0.05) is 11.8 Å². The monoisotopic (exact) mass is 241 g/mol. The van der Waals surface area contributed by atoms with E-state index in [0.29, 0.717) is 0 Å². The number of benzene rings is 1. The summed E-state index contributed by atoms with van der Waals surface area (Å²) in [6, 6.07) is 2.85. The molecule has 17 heavy (non-hydrogen) atoms. The fraction of sp³-hybridized carbons (Fsp3) is 0.273. The molecule has 1 amide bonds. The number of amides is 1. The maximum Gasteiger partial charge on any atom is 0.319 e. The molecule has 2 N–H and O–H groups in total.